The van der Waals surface area contributed by atoms with Crippen molar-refractivity contribution in [1.82, 2.24) is 4.31 Å². The SMILES string of the molecule is O=S(=O)(c1ccc(Oc2ccccc2)cc1)N1CCN(c2ccc(Cl)cc2Cl)C(c2ccc(Cl)cc2)C1. The molecule has 1 unspecified atom stereocenters. The van der Waals surface area contributed by atoms with Crippen molar-refractivity contribution >= 4 is 50.5 Å². The predicted octanol–water partition coefficient (Wildman–Crippen LogP) is 7.69. The number of nitrogens with zero attached hydrogens (tertiary/aromatic N) is 2. The molecule has 1 aliphatic heterocycles. The fourth-order valence-electron chi connectivity index (χ4n) is 4.40. The van der Waals surface area contributed by atoms with Crippen molar-refractivity contribution < 1.29 is 13.2 Å². The van der Waals surface area contributed by atoms with Crippen LogP contribution in [0.15, 0.2) is 102 Å². The Bertz CT molecular complexity index is 1480. The molecule has 5 nitrogen and oxygen atoms in total. The highest BCUT2D eigenvalue weighted by molar-refractivity contribution is 7.89. The van der Waals surface area contributed by atoms with Gasteiger partial charge in [0.25, 0.3) is 0 Å². The van der Waals surface area contributed by atoms with Crippen LogP contribution in [0.2, 0.25) is 15.1 Å². The lowest BCUT2D eigenvalue weighted by atomic mass is 10.0. The first-order valence-corrected chi connectivity index (χ1v) is 14.2. The fraction of sp³-hybridized carbons (Fsp3) is 0.143. The Kier molecular flexibility index (Phi) is 7.65. The molecule has 1 heterocycles. The summed E-state index contributed by atoms with van der Waals surface area (Å²) in [5.41, 5.74) is 1.73. The third-order valence-corrected chi connectivity index (χ3v) is 8.93. The van der Waals surface area contributed by atoms with Gasteiger partial charge < -0.3 is 9.64 Å². The van der Waals surface area contributed by atoms with Crippen LogP contribution in [0.1, 0.15) is 11.6 Å². The number of hydrogen-bond acceptors (Lipinski definition) is 4. The first-order valence-electron chi connectivity index (χ1n) is 11.6. The van der Waals surface area contributed by atoms with Crippen LogP contribution in [0.4, 0.5) is 5.69 Å². The number of para-hydroxylation sites is 1. The van der Waals surface area contributed by atoms with Crippen LogP contribution in [0.5, 0.6) is 11.5 Å². The molecule has 0 aliphatic carbocycles. The summed E-state index contributed by atoms with van der Waals surface area (Å²) in [4.78, 5) is 2.32. The van der Waals surface area contributed by atoms with Gasteiger partial charge in [0.2, 0.25) is 10.0 Å². The molecule has 9 heteroatoms. The molecule has 5 rings (SSSR count). The summed E-state index contributed by atoms with van der Waals surface area (Å²) in [6.45, 7) is 0.988. The molecule has 0 spiro atoms. The molecule has 1 saturated heterocycles. The molecule has 1 fully saturated rings. The van der Waals surface area contributed by atoms with Crippen molar-refractivity contribution in [3.63, 3.8) is 0 Å². The lowest BCUT2D eigenvalue weighted by molar-refractivity contribution is 0.335. The highest BCUT2D eigenvalue weighted by atomic mass is 35.5. The molecule has 0 bridgehead atoms. The van der Waals surface area contributed by atoms with E-state index in [-0.39, 0.29) is 17.5 Å². The van der Waals surface area contributed by atoms with Crippen LogP contribution < -0.4 is 9.64 Å². The average Bonchev–Trinajstić information content (AvgIpc) is 2.90. The van der Waals surface area contributed by atoms with Gasteiger partial charge in [-0.15, -0.1) is 0 Å². The Labute approximate surface area is 231 Å². The van der Waals surface area contributed by atoms with Crippen LogP contribution in [0.25, 0.3) is 0 Å². The van der Waals surface area contributed by atoms with Gasteiger partial charge in [0, 0.05) is 29.7 Å². The van der Waals surface area contributed by atoms with E-state index in [1.807, 2.05) is 48.5 Å². The third-order valence-electron chi connectivity index (χ3n) is 6.26. The van der Waals surface area contributed by atoms with E-state index in [0.29, 0.717) is 39.7 Å². The van der Waals surface area contributed by atoms with E-state index in [9.17, 15) is 8.42 Å². The largest absolute Gasteiger partial charge is 0.457 e. The second-order valence-corrected chi connectivity index (χ2v) is 11.8. The molecule has 0 aromatic heterocycles. The maximum Gasteiger partial charge on any atom is 0.243 e. The summed E-state index contributed by atoms with van der Waals surface area (Å²) < 4.78 is 34.6. The minimum absolute atomic E-state index is 0.209. The van der Waals surface area contributed by atoms with Gasteiger partial charge in [-0.2, -0.15) is 4.31 Å². The maximum absolute atomic E-state index is 13.6. The standard InChI is InChI=1S/C28H23Cl3N2O3S/c29-21-8-6-20(7-9-21)28-19-32(16-17-33(28)27-15-10-22(30)18-26(27)31)37(34,35)25-13-11-24(12-14-25)36-23-4-2-1-3-5-23/h1-15,18,28H,16-17,19H2. The highest BCUT2D eigenvalue weighted by Gasteiger charge is 2.36. The smallest absolute Gasteiger partial charge is 0.243 e. The van der Waals surface area contributed by atoms with Crippen molar-refractivity contribution in [3.05, 3.63) is 118 Å². The molecule has 1 aliphatic rings. The summed E-state index contributed by atoms with van der Waals surface area (Å²) in [5.74, 6) is 1.24. The molecule has 37 heavy (non-hydrogen) atoms. The van der Waals surface area contributed by atoms with Crippen LogP contribution in [-0.2, 0) is 10.0 Å². The quantitative estimate of drug-likeness (QED) is 0.237. The summed E-state index contributed by atoms with van der Waals surface area (Å²) in [7, 11) is -3.75. The Morgan fingerprint density at radius 1 is 0.730 bits per heavy atom. The highest BCUT2D eigenvalue weighted by Crippen LogP contribution is 2.38. The molecule has 1 atom stereocenters. The first-order chi connectivity index (χ1) is 17.8. The molecule has 190 valence electrons. The van der Waals surface area contributed by atoms with Gasteiger partial charge in [-0.25, -0.2) is 8.42 Å². The zero-order chi connectivity index (χ0) is 26.0. The monoisotopic (exact) mass is 572 g/mol. The summed E-state index contributed by atoms with van der Waals surface area (Å²) in [5, 5.41) is 1.66. The molecule has 4 aromatic rings. The molecule has 0 radical (unpaired) electrons. The molecule has 0 N–H and O–H groups in total. The van der Waals surface area contributed by atoms with Crippen LogP contribution in [0.3, 0.4) is 0 Å². The molecule has 0 saturated carbocycles. The molecular weight excluding hydrogens is 551 g/mol. The Morgan fingerprint density at radius 3 is 2.05 bits per heavy atom. The topological polar surface area (TPSA) is 49.9 Å². The maximum atomic E-state index is 13.6. The minimum atomic E-state index is -3.75. The Hall–Kier alpha value is -2.74. The number of rotatable bonds is 6. The van der Waals surface area contributed by atoms with E-state index in [1.54, 1.807) is 48.5 Å². The number of halogens is 3. The molecule has 0 amide bonds. The number of hydrogen-bond donors (Lipinski definition) is 0. The Balaban J connectivity index is 1.42. The number of benzene rings is 4. The normalized spacial score (nSPS) is 16.5. The minimum Gasteiger partial charge on any atom is -0.457 e. The summed E-state index contributed by atoms with van der Waals surface area (Å²) in [6, 6.07) is 28.3. The first kappa shape index (κ1) is 25.9. The van der Waals surface area contributed by atoms with Crippen LogP contribution in [-0.4, -0.2) is 32.4 Å². The zero-order valence-electron chi connectivity index (χ0n) is 19.6. The summed E-state index contributed by atoms with van der Waals surface area (Å²) >= 11 is 18.8. The lowest BCUT2D eigenvalue weighted by Gasteiger charge is -2.42. The number of sulfonamides is 1. The van der Waals surface area contributed by atoms with Gasteiger partial charge in [0.05, 0.1) is 21.6 Å². The van der Waals surface area contributed by atoms with E-state index in [0.717, 1.165) is 11.3 Å². The number of ether oxygens (including phenoxy) is 1. The van der Waals surface area contributed by atoms with Crippen molar-refractivity contribution in [1.29, 1.82) is 0 Å². The second-order valence-electron chi connectivity index (χ2n) is 8.61. The van der Waals surface area contributed by atoms with Gasteiger partial charge in [-0.05, 0) is 72.3 Å². The van der Waals surface area contributed by atoms with Gasteiger partial charge in [-0.1, -0.05) is 65.1 Å². The number of anilines is 1. The molecular formula is C28H23Cl3N2O3S. The van der Waals surface area contributed by atoms with Crippen LogP contribution >= 0.6 is 34.8 Å². The molecule has 4 aromatic carbocycles. The van der Waals surface area contributed by atoms with Gasteiger partial charge in [0.1, 0.15) is 11.5 Å². The predicted molar refractivity (Wildman–Crippen MR) is 150 cm³/mol. The van der Waals surface area contributed by atoms with Gasteiger partial charge in [-0.3, -0.25) is 0 Å². The van der Waals surface area contributed by atoms with Gasteiger partial charge in [0.15, 0.2) is 0 Å². The lowest BCUT2D eigenvalue weighted by Crippen LogP contribution is -2.50. The van der Waals surface area contributed by atoms with E-state index >= 15 is 0 Å². The van der Waals surface area contributed by atoms with E-state index in [1.165, 1.54) is 4.31 Å². The van der Waals surface area contributed by atoms with Crippen molar-refractivity contribution in [2.45, 2.75) is 10.9 Å². The Morgan fingerprint density at radius 2 is 1.38 bits per heavy atom. The van der Waals surface area contributed by atoms with Crippen LogP contribution in [0, 0.1) is 0 Å². The number of piperazine rings is 1. The van der Waals surface area contributed by atoms with E-state index in [2.05, 4.69) is 4.90 Å². The van der Waals surface area contributed by atoms with Gasteiger partial charge >= 0.3 is 0 Å². The van der Waals surface area contributed by atoms with Crippen molar-refractivity contribution in [2.24, 2.45) is 0 Å². The average molecular weight is 574 g/mol. The fourth-order valence-corrected chi connectivity index (χ4v) is 6.48. The third kappa shape index (κ3) is 5.74. The van der Waals surface area contributed by atoms with Crippen molar-refractivity contribution in [3.8, 4) is 11.5 Å². The second kappa shape index (κ2) is 10.9. The van der Waals surface area contributed by atoms with E-state index < -0.39 is 10.0 Å². The van der Waals surface area contributed by atoms with E-state index in [4.69, 9.17) is 39.5 Å². The zero-order valence-corrected chi connectivity index (χ0v) is 22.7. The summed E-state index contributed by atoms with van der Waals surface area (Å²) in [6.07, 6.45) is 0. The van der Waals surface area contributed by atoms with Crippen molar-refractivity contribution in [2.75, 3.05) is 24.5 Å².